The zero-order valence-corrected chi connectivity index (χ0v) is 20.0. The van der Waals surface area contributed by atoms with Gasteiger partial charge in [0.25, 0.3) is 5.91 Å². The highest BCUT2D eigenvalue weighted by molar-refractivity contribution is 7.16. The number of rotatable bonds is 5. The molecule has 4 heterocycles. The number of amides is 2. The number of hydrogen-bond donors (Lipinski definition) is 1. The topological polar surface area (TPSA) is 104 Å². The number of nitrogens with one attached hydrogen (secondary N) is 1. The second kappa shape index (κ2) is 9.23. The first-order valence-corrected chi connectivity index (χ1v) is 12.6. The first kappa shape index (κ1) is 22.5. The van der Waals surface area contributed by atoms with Gasteiger partial charge in [0.15, 0.2) is 5.82 Å². The molecule has 3 aromatic heterocycles. The molecule has 6 rings (SSSR count). The van der Waals surface area contributed by atoms with Crippen molar-refractivity contribution in [2.45, 2.75) is 12.8 Å². The van der Waals surface area contributed by atoms with Crippen LogP contribution in [0.15, 0.2) is 48.2 Å². The minimum absolute atomic E-state index is 0.119. The molecule has 182 valence electrons. The maximum Gasteiger partial charge on any atom is 0.255 e. The number of piperazine rings is 1. The van der Waals surface area contributed by atoms with Crippen LogP contribution in [0.4, 0.5) is 16.2 Å². The van der Waals surface area contributed by atoms with Crippen molar-refractivity contribution < 1.29 is 14.0 Å². The lowest BCUT2D eigenvalue weighted by atomic mass is 10.1. The van der Waals surface area contributed by atoms with Crippen molar-refractivity contribution in [2.75, 3.05) is 31.5 Å². The number of anilines is 2. The van der Waals surface area contributed by atoms with Gasteiger partial charge in [-0.1, -0.05) is 6.07 Å². The summed E-state index contributed by atoms with van der Waals surface area (Å²) in [5.74, 6) is 0.387. The highest BCUT2D eigenvalue weighted by Gasteiger charge is 2.35. The zero-order valence-electron chi connectivity index (χ0n) is 19.2. The Balaban J connectivity index is 1.12. The summed E-state index contributed by atoms with van der Waals surface area (Å²) in [6.45, 7) is 2.15. The van der Waals surface area contributed by atoms with E-state index in [-0.39, 0.29) is 29.4 Å². The third-order valence-electron chi connectivity index (χ3n) is 6.40. The summed E-state index contributed by atoms with van der Waals surface area (Å²) in [5.41, 5.74) is 3.86. The van der Waals surface area contributed by atoms with E-state index in [1.165, 1.54) is 17.5 Å². The molecular formula is C25H22FN7O2S. The van der Waals surface area contributed by atoms with E-state index in [0.29, 0.717) is 43.1 Å². The lowest BCUT2D eigenvalue weighted by molar-refractivity contribution is -0.134. The van der Waals surface area contributed by atoms with Crippen LogP contribution >= 0.6 is 11.3 Å². The molecule has 2 fully saturated rings. The Kier molecular flexibility index (Phi) is 5.76. The monoisotopic (exact) mass is 503 g/mol. The van der Waals surface area contributed by atoms with Crippen LogP contribution in [-0.2, 0) is 4.79 Å². The number of nitrogens with zero attached hydrogens (tertiary/aromatic N) is 6. The highest BCUT2D eigenvalue weighted by Crippen LogP contribution is 2.31. The molecule has 1 N–H and O–H groups in total. The van der Waals surface area contributed by atoms with Gasteiger partial charge in [0.05, 0.1) is 27.5 Å². The minimum atomic E-state index is -0.530. The fourth-order valence-electron chi connectivity index (χ4n) is 4.24. The van der Waals surface area contributed by atoms with Crippen LogP contribution in [0.1, 0.15) is 23.2 Å². The Labute approximate surface area is 210 Å². The van der Waals surface area contributed by atoms with Gasteiger partial charge in [-0.05, 0) is 37.1 Å². The Morgan fingerprint density at radius 3 is 2.53 bits per heavy atom. The van der Waals surface area contributed by atoms with Crippen LogP contribution in [0, 0.1) is 11.7 Å². The lowest BCUT2D eigenvalue weighted by Gasteiger charge is -2.34. The molecule has 11 heteroatoms. The first-order chi connectivity index (χ1) is 17.5. The predicted molar refractivity (Wildman–Crippen MR) is 133 cm³/mol. The van der Waals surface area contributed by atoms with Gasteiger partial charge in [0.2, 0.25) is 11.9 Å². The number of carbonyl (C=O) groups is 2. The smallest absolute Gasteiger partial charge is 0.255 e. The molecule has 1 aliphatic carbocycles. The van der Waals surface area contributed by atoms with Gasteiger partial charge in [-0.3, -0.25) is 9.59 Å². The lowest BCUT2D eigenvalue weighted by Crippen LogP contribution is -2.51. The summed E-state index contributed by atoms with van der Waals surface area (Å²) in [6.07, 6.45) is 4.58. The standard InChI is InChI=1S/C25H22FN7O2S/c26-18-13-28-25(31-22(18)16-3-5-19-20(11-16)36-14-29-19)30-21-6-4-17(12-27-21)24(35)33-9-7-32(8-10-33)23(34)15-1-2-15/h3-6,11-15H,1-2,7-10H2,(H,27,28,30,31). The molecule has 1 aromatic carbocycles. The van der Waals surface area contributed by atoms with E-state index in [9.17, 15) is 14.0 Å². The molecule has 1 saturated carbocycles. The quantitative estimate of drug-likeness (QED) is 0.443. The van der Waals surface area contributed by atoms with E-state index in [1.807, 2.05) is 17.0 Å². The number of pyridine rings is 1. The van der Waals surface area contributed by atoms with Gasteiger partial charge >= 0.3 is 0 Å². The molecule has 2 amide bonds. The van der Waals surface area contributed by atoms with Gasteiger partial charge in [-0.25, -0.2) is 24.3 Å². The normalized spacial score (nSPS) is 15.8. The predicted octanol–water partition coefficient (Wildman–Crippen LogP) is 3.73. The van der Waals surface area contributed by atoms with E-state index < -0.39 is 5.82 Å². The van der Waals surface area contributed by atoms with Crippen molar-refractivity contribution >= 4 is 45.1 Å². The van der Waals surface area contributed by atoms with E-state index in [1.54, 1.807) is 28.6 Å². The summed E-state index contributed by atoms with van der Waals surface area (Å²) in [5, 5.41) is 2.98. The molecule has 0 radical (unpaired) electrons. The van der Waals surface area contributed by atoms with Crippen molar-refractivity contribution in [3.05, 3.63) is 59.6 Å². The molecule has 1 aliphatic heterocycles. The van der Waals surface area contributed by atoms with Gasteiger partial charge < -0.3 is 15.1 Å². The number of aromatic nitrogens is 4. The third-order valence-corrected chi connectivity index (χ3v) is 7.20. The molecule has 0 unspecified atom stereocenters. The number of benzene rings is 1. The number of fused-ring (bicyclic) bond motifs is 1. The molecule has 36 heavy (non-hydrogen) atoms. The second-order valence-corrected chi connectivity index (χ2v) is 9.76. The molecule has 2 aliphatic rings. The van der Waals surface area contributed by atoms with E-state index in [4.69, 9.17) is 0 Å². The van der Waals surface area contributed by atoms with Gasteiger partial charge in [0, 0.05) is 43.9 Å². The van der Waals surface area contributed by atoms with Crippen molar-refractivity contribution in [1.29, 1.82) is 0 Å². The molecule has 1 saturated heterocycles. The number of hydrogen-bond acceptors (Lipinski definition) is 8. The molecule has 0 atom stereocenters. The van der Waals surface area contributed by atoms with Crippen LogP contribution < -0.4 is 5.32 Å². The number of carbonyl (C=O) groups excluding carboxylic acids is 2. The minimum Gasteiger partial charge on any atom is -0.339 e. The third kappa shape index (κ3) is 4.49. The van der Waals surface area contributed by atoms with Crippen LogP contribution in [0.2, 0.25) is 0 Å². The number of thiazole rings is 1. The van der Waals surface area contributed by atoms with Crippen LogP contribution in [0.25, 0.3) is 21.5 Å². The largest absolute Gasteiger partial charge is 0.339 e. The molecular weight excluding hydrogens is 481 g/mol. The summed E-state index contributed by atoms with van der Waals surface area (Å²) in [6, 6.07) is 8.80. The van der Waals surface area contributed by atoms with E-state index >= 15 is 0 Å². The Bertz CT molecular complexity index is 1450. The fraction of sp³-hybridized carbons (Fsp3) is 0.280. The average molecular weight is 504 g/mol. The Hall–Kier alpha value is -3.99. The molecule has 9 nitrogen and oxygen atoms in total. The molecule has 0 bridgehead atoms. The zero-order chi connectivity index (χ0) is 24.6. The maximum absolute atomic E-state index is 14.5. The van der Waals surface area contributed by atoms with Gasteiger partial charge in [-0.2, -0.15) is 0 Å². The van der Waals surface area contributed by atoms with Crippen LogP contribution in [0.3, 0.4) is 0 Å². The van der Waals surface area contributed by atoms with Crippen molar-refractivity contribution in [2.24, 2.45) is 5.92 Å². The van der Waals surface area contributed by atoms with Crippen molar-refractivity contribution in [3.8, 4) is 11.3 Å². The van der Waals surface area contributed by atoms with E-state index in [0.717, 1.165) is 29.3 Å². The summed E-state index contributed by atoms with van der Waals surface area (Å²) >= 11 is 1.48. The first-order valence-electron chi connectivity index (χ1n) is 11.7. The van der Waals surface area contributed by atoms with Crippen LogP contribution in [0.5, 0.6) is 0 Å². The van der Waals surface area contributed by atoms with Crippen molar-refractivity contribution in [3.63, 3.8) is 0 Å². The maximum atomic E-state index is 14.5. The van der Waals surface area contributed by atoms with E-state index in [2.05, 4.69) is 25.3 Å². The summed E-state index contributed by atoms with van der Waals surface area (Å²) < 4.78 is 15.4. The Morgan fingerprint density at radius 2 is 1.78 bits per heavy atom. The number of halogens is 1. The average Bonchev–Trinajstić information content (AvgIpc) is 3.66. The Morgan fingerprint density at radius 1 is 0.972 bits per heavy atom. The SMILES string of the molecule is O=C(c1ccc(Nc2ncc(F)c(-c3ccc4ncsc4c3)n2)nc1)N1CCN(C(=O)C2CC2)CC1. The second-order valence-electron chi connectivity index (χ2n) is 8.87. The molecule has 0 spiro atoms. The van der Waals surface area contributed by atoms with Crippen LogP contribution in [-0.4, -0.2) is 67.7 Å². The van der Waals surface area contributed by atoms with Gasteiger partial charge in [-0.15, -0.1) is 11.3 Å². The van der Waals surface area contributed by atoms with Gasteiger partial charge in [0.1, 0.15) is 11.5 Å². The summed E-state index contributed by atoms with van der Waals surface area (Å²) in [4.78, 5) is 45.7. The highest BCUT2D eigenvalue weighted by atomic mass is 32.1. The van der Waals surface area contributed by atoms with Crippen molar-refractivity contribution in [1.82, 2.24) is 29.7 Å². The molecule has 4 aromatic rings. The summed E-state index contributed by atoms with van der Waals surface area (Å²) in [7, 11) is 0. The fourth-order valence-corrected chi connectivity index (χ4v) is 4.96.